The molecule has 9 heteroatoms. The summed E-state index contributed by atoms with van der Waals surface area (Å²) in [6.45, 7) is 10.9. The van der Waals surface area contributed by atoms with Crippen LogP contribution < -0.4 is 21.5 Å². The SMILES string of the molecule is C=C(c1cccnc1NN)c1nc(N2CCN[C@H]([C@](C)(O)C(C)C)C2)c(F)cc1F. The maximum atomic E-state index is 14.7. The number of nitrogen functional groups attached to an aromatic ring is 1. The molecule has 0 spiro atoms. The second-order valence-electron chi connectivity index (χ2n) is 7.98. The first-order valence-electron chi connectivity index (χ1n) is 9.84. The molecule has 30 heavy (non-hydrogen) atoms. The molecule has 1 fully saturated rings. The summed E-state index contributed by atoms with van der Waals surface area (Å²) in [5, 5.41) is 14.1. The standard InChI is InChI=1S/C21H28F2N6O/c1-12(2)21(4,30)17-11-29(9-8-25-17)20-16(23)10-15(22)18(27-20)13(3)14-6-5-7-26-19(14)28-24/h5-7,10,12,17,25,30H,3,8-9,11,24H2,1-2,4H3,(H,26,28)/t17-,21+/m0/s1. The molecule has 0 unspecified atom stereocenters. The highest BCUT2D eigenvalue weighted by Gasteiger charge is 2.38. The van der Waals surface area contributed by atoms with Gasteiger partial charge >= 0.3 is 0 Å². The molecule has 7 nitrogen and oxygen atoms in total. The van der Waals surface area contributed by atoms with E-state index < -0.39 is 17.2 Å². The van der Waals surface area contributed by atoms with Crippen molar-refractivity contribution in [2.45, 2.75) is 32.4 Å². The Morgan fingerprint density at radius 3 is 2.83 bits per heavy atom. The van der Waals surface area contributed by atoms with Crippen molar-refractivity contribution in [2.75, 3.05) is 30.0 Å². The molecular weight excluding hydrogens is 390 g/mol. The molecule has 0 bridgehead atoms. The van der Waals surface area contributed by atoms with Gasteiger partial charge in [0.1, 0.15) is 11.5 Å². The molecule has 2 atom stereocenters. The highest BCUT2D eigenvalue weighted by atomic mass is 19.1. The van der Waals surface area contributed by atoms with Gasteiger partial charge < -0.3 is 20.7 Å². The van der Waals surface area contributed by atoms with Crippen LogP contribution in [-0.4, -0.2) is 46.4 Å². The van der Waals surface area contributed by atoms with Gasteiger partial charge in [0.2, 0.25) is 0 Å². The van der Waals surface area contributed by atoms with Gasteiger partial charge in [-0.25, -0.2) is 24.6 Å². The Kier molecular flexibility index (Phi) is 6.35. The van der Waals surface area contributed by atoms with Crippen LogP contribution >= 0.6 is 0 Å². The van der Waals surface area contributed by atoms with Crippen molar-refractivity contribution < 1.29 is 13.9 Å². The summed E-state index contributed by atoms with van der Waals surface area (Å²) in [5.74, 6) is 4.22. The van der Waals surface area contributed by atoms with Crippen LogP contribution in [0.3, 0.4) is 0 Å². The van der Waals surface area contributed by atoms with E-state index in [1.165, 1.54) is 6.20 Å². The highest BCUT2D eigenvalue weighted by Crippen LogP contribution is 2.31. The fourth-order valence-corrected chi connectivity index (χ4v) is 3.52. The van der Waals surface area contributed by atoms with Crippen molar-refractivity contribution in [3.63, 3.8) is 0 Å². The molecule has 162 valence electrons. The molecule has 0 amide bonds. The quantitative estimate of drug-likeness (QED) is 0.422. The van der Waals surface area contributed by atoms with Crippen LogP contribution in [0.25, 0.3) is 5.57 Å². The number of anilines is 2. The van der Waals surface area contributed by atoms with E-state index in [2.05, 4.69) is 27.3 Å². The lowest BCUT2D eigenvalue weighted by Gasteiger charge is -2.43. The summed E-state index contributed by atoms with van der Waals surface area (Å²) in [6, 6.07) is 3.86. The molecule has 3 heterocycles. The first kappa shape index (κ1) is 22.1. The topological polar surface area (TPSA) is 99.3 Å². The first-order chi connectivity index (χ1) is 14.2. The number of hydrazine groups is 1. The largest absolute Gasteiger partial charge is 0.388 e. The third kappa shape index (κ3) is 4.14. The van der Waals surface area contributed by atoms with E-state index in [4.69, 9.17) is 5.84 Å². The molecule has 0 radical (unpaired) electrons. The average molecular weight is 418 g/mol. The van der Waals surface area contributed by atoms with Gasteiger partial charge in [0, 0.05) is 43.0 Å². The Labute approximate surface area is 175 Å². The van der Waals surface area contributed by atoms with Gasteiger partial charge in [0.25, 0.3) is 0 Å². The van der Waals surface area contributed by atoms with Crippen LogP contribution in [0.2, 0.25) is 0 Å². The third-order valence-electron chi connectivity index (χ3n) is 5.82. The molecule has 0 aromatic carbocycles. The summed E-state index contributed by atoms with van der Waals surface area (Å²) in [5.41, 5.74) is 2.06. The monoisotopic (exact) mass is 418 g/mol. The normalized spacial score (nSPS) is 18.9. The number of piperazine rings is 1. The summed E-state index contributed by atoms with van der Waals surface area (Å²) < 4.78 is 29.3. The number of rotatable bonds is 6. The molecular formula is C21H28F2N6O. The number of halogens is 2. The van der Waals surface area contributed by atoms with Crippen LogP contribution in [0.5, 0.6) is 0 Å². The maximum Gasteiger partial charge on any atom is 0.168 e. The molecule has 1 aliphatic heterocycles. The van der Waals surface area contributed by atoms with E-state index in [1.807, 2.05) is 13.8 Å². The zero-order chi connectivity index (χ0) is 22.1. The van der Waals surface area contributed by atoms with E-state index >= 15 is 0 Å². The number of hydrogen-bond acceptors (Lipinski definition) is 7. The Morgan fingerprint density at radius 1 is 1.43 bits per heavy atom. The van der Waals surface area contributed by atoms with Gasteiger partial charge in [-0.2, -0.15) is 0 Å². The summed E-state index contributed by atoms with van der Waals surface area (Å²) >= 11 is 0. The number of hydrogen-bond donors (Lipinski definition) is 4. The molecule has 0 aliphatic carbocycles. The lowest BCUT2D eigenvalue weighted by molar-refractivity contribution is -0.0232. The minimum absolute atomic E-state index is 0.0101. The smallest absolute Gasteiger partial charge is 0.168 e. The third-order valence-corrected chi connectivity index (χ3v) is 5.82. The van der Waals surface area contributed by atoms with E-state index in [0.717, 1.165) is 6.07 Å². The number of aliphatic hydroxyl groups is 1. The fraction of sp³-hybridized carbons (Fsp3) is 0.429. The van der Waals surface area contributed by atoms with Crippen LogP contribution in [0.15, 0.2) is 31.0 Å². The Morgan fingerprint density at radius 2 is 2.17 bits per heavy atom. The van der Waals surface area contributed by atoms with Crippen molar-refractivity contribution >= 4 is 17.2 Å². The van der Waals surface area contributed by atoms with Crippen LogP contribution in [0, 0.1) is 17.6 Å². The van der Waals surface area contributed by atoms with E-state index in [-0.39, 0.29) is 29.0 Å². The van der Waals surface area contributed by atoms with E-state index in [1.54, 1.807) is 24.0 Å². The summed E-state index contributed by atoms with van der Waals surface area (Å²) in [4.78, 5) is 10.1. The maximum absolute atomic E-state index is 14.7. The number of nitrogens with zero attached hydrogens (tertiary/aromatic N) is 3. The zero-order valence-electron chi connectivity index (χ0n) is 17.4. The lowest BCUT2D eigenvalue weighted by atomic mass is 9.84. The number of nitrogens with two attached hydrogens (primary N) is 1. The van der Waals surface area contributed by atoms with Crippen molar-refractivity contribution in [1.82, 2.24) is 15.3 Å². The van der Waals surface area contributed by atoms with Crippen molar-refractivity contribution in [1.29, 1.82) is 0 Å². The summed E-state index contributed by atoms with van der Waals surface area (Å²) in [7, 11) is 0. The lowest BCUT2D eigenvalue weighted by Crippen LogP contribution is -2.62. The number of aromatic nitrogens is 2. The molecule has 0 saturated carbocycles. The molecule has 1 aliphatic rings. The molecule has 5 N–H and O–H groups in total. The summed E-state index contributed by atoms with van der Waals surface area (Å²) in [6.07, 6.45) is 1.54. The number of pyridine rings is 2. The highest BCUT2D eigenvalue weighted by molar-refractivity contribution is 5.82. The fourth-order valence-electron chi connectivity index (χ4n) is 3.52. The van der Waals surface area contributed by atoms with Crippen LogP contribution in [-0.2, 0) is 0 Å². The molecule has 2 aromatic rings. The van der Waals surface area contributed by atoms with Crippen LogP contribution in [0.1, 0.15) is 32.0 Å². The van der Waals surface area contributed by atoms with Gasteiger partial charge in [-0.15, -0.1) is 0 Å². The van der Waals surface area contributed by atoms with Crippen molar-refractivity contribution in [3.8, 4) is 0 Å². The van der Waals surface area contributed by atoms with Crippen LogP contribution in [0.4, 0.5) is 20.4 Å². The average Bonchev–Trinajstić information content (AvgIpc) is 2.73. The minimum atomic E-state index is -1.00. The predicted molar refractivity (Wildman–Crippen MR) is 114 cm³/mol. The second kappa shape index (κ2) is 8.63. The number of nitrogens with one attached hydrogen (secondary N) is 2. The molecule has 3 rings (SSSR count). The van der Waals surface area contributed by atoms with Crippen molar-refractivity contribution in [2.24, 2.45) is 11.8 Å². The minimum Gasteiger partial charge on any atom is -0.388 e. The van der Waals surface area contributed by atoms with Gasteiger partial charge in [-0.1, -0.05) is 20.4 Å². The van der Waals surface area contributed by atoms with Gasteiger partial charge in [-0.05, 0) is 25.0 Å². The second-order valence-corrected chi connectivity index (χ2v) is 7.98. The predicted octanol–water partition coefficient (Wildman–Crippen LogP) is 2.29. The van der Waals surface area contributed by atoms with Gasteiger partial charge in [0.05, 0.1) is 11.6 Å². The molecule has 2 aromatic heterocycles. The zero-order valence-corrected chi connectivity index (χ0v) is 17.4. The Hall–Kier alpha value is -2.62. The van der Waals surface area contributed by atoms with Crippen molar-refractivity contribution in [3.05, 3.63) is 53.9 Å². The first-order valence-corrected chi connectivity index (χ1v) is 9.84. The van der Waals surface area contributed by atoms with Gasteiger partial charge in [0.15, 0.2) is 17.5 Å². The van der Waals surface area contributed by atoms with E-state index in [0.29, 0.717) is 31.0 Å². The van der Waals surface area contributed by atoms with Gasteiger partial charge in [-0.3, -0.25) is 0 Å². The molecule has 1 saturated heterocycles. The van der Waals surface area contributed by atoms with E-state index in [9.17, 15) is 13.9 Å². The Bertz CT molecular complexity index is 934. The Balaban J connectivity index is 1.96.